The van der Waals surface area contributed by atoms with E-state index >= 15 is 0 Å². The van der Waals surface area contributed by atoms with Gasteiger partial charge >= 0.3 is 0 Å². The first-order chi connectivity index (χ1) is 10.7. The Bertz CT molecular complexity index is 618. The van der Waals surface area contributed by atoms with Crippen molar-refractivity contribution in [1.29, 1.82) is 0 Å². The van der Waals surface area contributed by atoms with Crippen molar-refractivity contribution in [3.8, 4) is 5.75 Å². The molecule has 1 amide bonds. The Morgan fingerprint density at radius 2 is 1.95 bits per heavy atom. The van der Waals surface area contributed by atoms with Crippen LogP contribution in [0.2, 0.25) is 0 Å². The van der Waals surface area contributed by atoms with E-state index in [1.165, 1.54) is 0 Å². The van der Waals surface area contributed by atoms with Gasteiger partial charge in [-0.2, -0.15) is 0 Å². The number of benzene rings is 1. The molecule has 1 aromatic carbocycles. The molecule has 3 rings (SSSR count). The highest BCUT2D eigenvalue weighted by Gasteiger charge is 2.33. The molecule has 5 nitrogen and oxygen atoms in total. The second-order valence-electron chi connectivity index (χ2n) is 5.42. The van der Waals surface area contributed by atoms with Gasteiger partial charge < -0.3 is 10.5 Å². The van der Waals surface area contributed by atoms with Crippen molar-refractivity contribution >= 4 is 5.91 Å². The molecule has 1 aliphatic heterocycles. The molecule has 0 saturated carbocycles. The number of carbonyl (C=O) groups is 1. The number of carbonyl (C=O) groups excluding carboxylic acids is 1. The molecule has 2 atom stereocenters. The Morgan fingerprint density at radius 1 is 1.23 bits per heavy atom. The number of rotatable bonds is 5. The summed E-state index contributed by atoms with van der Waals surface area (Å²) in [5.74, 6) is 0.480. The number of likely N-dealkylation sites (tertiary alicyclic amines) is 1. The lowest BCUT2D eigenvalue weighted by Gasteiger charge is -2.25. The Labute approximate surface area is 129 Å². The molecule has 2 N–H and O–H groups in total. The largest absolute Gasteiger partial charge is 0.489 e. The predicted molar refractivity (Wildman–Crippen MR) is 83.2 cm³/mol. The summed E-state index contributed by atoms with van der Waals surface area (Å²) >= 11 is 0. The Balaban J connectivity index is 1.69. The summed E-state index contributed by atoms with van der Waals surface area (Å²) in [4.78, 5) is 17.9. The van der Waals surface area contributed by atoms with Crippen LogP contribution in [-0.4, -0.2) is 35.0 Å². The lowest BCUT2D eigenvalue weighted by molar-refractivity contribution is -0.123. The summed E-state index contributed by atoms with van der Waals surface area (Å²) in [6.07, 6.45) is 4.35. The van der Waals surface area contributed by atoms with E-state index in [9.17, 15) is 4.79 Å². The lowest BCUT2D eigenvalue weighted by atomic mass is 10.1. The molecule has 2 heterocycles. The molecular weight excluding hydrogens is 278 g/mol. The van der Waals surface area contributed by atoms with Gasteiger partial charge in [-0.3, -0.25) is 14.7 Å². The summed E-state index contributed by atoms with van der Waals surface area (Å²) < 4.78 is 5.94. The van der Waals surface area contributed by atoms with E-state index in [-0.39, 0.29) is 12.0 Å². The number of hydrogen-bond acceptors (Lipinski definition) is 4. The van der Waals surface area contributed by atoms with E-state index in [1.807, 2.05) is 42.5 Å². The predicted octanol–water partition coefficient (Wildman–Crippen LogP) is 1.76. The van der Waals surface area contributed by atoms with E-state index in [0.717, 1.165) is 24.3 Å². The average molecular weight is 297 g/mol. The molecule has 0 radical (unpaired) electrons. The molecule has 22 heavy (non-hydrogen) atoms. The van der Waals surface area contributed by atoms with Crippen LogP contribution >= 0.6 is 0 Å². The minimum absolute atomic E-state index is 0.0629. The van der Waals surface area contributed by atoms with Gasteiger partial charge in [0.25, 0.3) is 0 Å². The molecule has 1 aliphatic rings. The lowest BCUT2D eigenvalue weighted by Crippen LogP contribution is -2.37. The third kappa shape index (κ3) is 3.26. The van der Waals surface area contributed by atoms with Crippen LogP contribution in [0.5, 0.6) is 5.75 Å². The molecule has 1 aromatic heterocycles. The number of nitrogens with zero attached hydrogens (tertiary/aromatic N) is 2. The summed E-state index contributed by atoms with van der Waals surface area (Å²) in [5, 5.41) is 0. The minimum atomic E-state index is -0.396. The van der Waals surface area contributed by atoms with Crippen LogP contribution in [0.1, 0.15) is 18.0 Å². The number of amides is 1. The summed E-state index contributed by atoms with van der Waals surface area (Å²) in [7, 11) is 0. The number of ether oxygens (including phenoxy) is 1. The number of pyridine rings is 1. The van der Waals surface area contributed by atoms with E-state index in [4.69, 9.17) is 10.5 Å². The van der Waals surface area contributed by atoms with Gasteiger partial charge in [-0.25, -0.2) is 0 Å². The number of aromatic nitrogens is 1. The molecule has 0 spiro atoms. The van der Waals surface area contributed by atoms with Crippen molar-refractivity contribution in [3.63, 3.8) is 0 Å². The van der Waals surface area contributed by atoms with Gasteiger partial charge in [0.15, 0.2) is 0 Å². The first-order valence-corrected chi connectivity index (χ1v) is 7.39. The Hall–Kier alpha value is -2.40. The molecular formula is C17H19N3O2. The van der Waals surface area contributed by atoms with Crippen LogP contribution in [0.3, 0.4) is 0 Å². The maximum atomic E-state index is 11.9. The first-order valence-electron chi connectivity index (χ1n) is 7.39. The van der Waals surface area contributed by atoms with Crippen LogP contribution in [0.15, 0.2) is 54.9 Å². The fraction of sp³-hybridized carbons (Fsp3) is 0.294. The topological polar surface area (TPSA) is 68.5 Å². The fourth-order valence-electron chi connectivity index (χ4n) is 2.88. The van der Waals surface area contributed by atoms with Gasteiger partial charge in [-0.05, 0) is 24.1 Å². The van der Waals surface area contributed by atoms with Crippen molar-refractivity contribution in [3.05, 3.63) is 60.4 Å². The van der Waals surface area contributed by atoms with Crippen molar-refractivity contribution in [2.24, 2.45) is 5.73 Å². The summed E-state index contributed by atoms with van der Waals surface area (Å²) in [5.41, 5.74) is 6.55. The minimum Gasteiger partial charge on any atom is -0.489 e. The molecule has 2 aromatic rings. The first kappa shape index (κ1) is 14.5. The molecule has 1 saturated heterocycles. The van der Waals surface area contributed by atoms with Crippen LogP contribution in [0.25, 0.3) is 0 Å². The van der Waals surface area contributed by atoms with Gasteiger partial charge in [0.2, 0.25) is 5.91 Å². The molecule has 0 aliphatic carbocycles. The molecule has 1 unspecified atom stereocenters. The number of hydrogen-bond donors (Lipinski definition) is 1. The quantitative estimate of drug-likeness (QED) is 0.913. The van der Waals surface area contributed by atoms with E-state index in [1.54, 1.807) is 12.4 Å². The van der Waals surface area contributed by atoms with E-state index < -0.39 is 6.04 Å². The molecule has 0 bridgehead atoms. The van der Waals surface area contributed by atoms with Crippen LogP contribution < -0.4 is 10.5 Å². The zero-order valence-electron chi connectivity index (χ0n) is 12.3. The standard InChI is InChI=1S/C17H19N3O2/c18-17(21)16(13-4-2-1-3-5-13)20-11-8-15(12-20)22-14-6-9-19-10-7-14/h1-7,9-10,15-16H,8,11-12H2,(H2,18,21)/t15-,16?/m1/s1. The van der Waals surface area contributed by atoms with Crippen molar-refractivity contribution < 1.29 is 9.53 Å². The van der Waals surface area contributed by atoms with Crippen molar-refractivity contribution in [1.82, 2.24) is 9.88 Å². The molecule has 1 fully saturated rings. The van der Waals surface area contributed by atoms with Crippen LogP contribution in [0, 0.1) is 0 Å². The van der Waals surface area contributed by atoms with E-state index in [2.05, 4.69) is 9.88 Å². The van der Waals surface area contributed by atoms with Gasteiger partial charge in [0, 0.05) is 25.5 Å². The van der Waals surface area contributed by atoms with Gasteiger partial charge in [-0.15, -0.1) is 0 Å². The maximum Gasteiger partial charge on any atom is 0.239 e. The zero-order valence-corrected chi connectivity index (χ0v) is 12.3. The smallest absolute Gasteiger partial charge is 0.239 e. The van der Waals surface area contributed by atoms with Crippen molar-refractivity contribution in [2.45, 2.75) is 18.6 Å². The van der Waals surface area contributed by atoms with Gasteiger partial charge in [-0.1, -0.05) is 30.3 Å². The monoisotopic (exact) mass is 297 g/mol. The Kier molecular flexibility index (Phi) is 4.34. The molecule has 114 valence electrons. The zero-order chi connectivity index (χ0) is 15.4. The van der Waals surface area contributed by atoms with Gasteiger partial charge in [0.1, 0.15) is 17.9 Å². The number of primary amides is 1. The third-order valence-electron chi connectivity index (χ3n) is 3.88. The summed E-state index contributed by atoms with van der Waals surface area (Å²) in [6.45, 7) is 1.48. The second kappa shape index (κ2) is 6.58. The highest BCUT2D eigenvalue weighted by atomic mass is 16.5. The van der Waals surface area contributed by atoms with Crippen LogP contribution in [0.4, 0.5) is 0 Å². The van der Waals surface area contributed by atoms with Gasteiger partial charge in [0.05, 0.1) is 0 Å². The van der Waals surface area contributed by atoms with E-state index in [0.29, 0.717) is 6.54 Å². The molecule has 5 heteroatoms. The SMILES string of the molecule is NC(=O)C(c1ccccc1)N1CC[C@@H](Oc2ccncc2)C1. The number of nitrogens with two attached hydrogens (primary N) is 1. The highest BCUT2D eigenvalue weighted by molar-refractivity contribution is 5.81. The summed E-state index contributed by atoms with van der Waals surface area (Å²) in [6, 6.07) is 12.9. The normalized spacial score (nSPS) is 19.7. The fourth-order valence-corrected chi connectivity index (χ4v) is 2.88. The maximum absolute atomic E-state index is 11.9. The average Bonchev–Trinajstić information content (AvgIpc) is 2.97. The Morgan fingerprint density at radius 3 is 2.64 bits per heavy atom. The highest BCUT2D eigenvalue weighted by Crippen LogP contribution is 2.26. The third-order valence-corrected chi connectivity index (χ3v) is 3.88. The van der Waals surface area contributed by atoms with Crippen LogP contribution in [-0.2, 0) is 4.79 Å². The van der Waals surface area contributed by atoms with Crippen molar-refractivity contribution in [2.75, 3.05) is 13.1 Å². The second-order valence-corrected chi connectivity index (χ2v) is 5.42.